The molecule has 1 aromatic rings. The highest BCUT2D eigenvalue weighted by atomic mass is 32.1. The van der Waals surface area contributed by atoms with E-state index in [2.05, 4.69) is 10.6 Å². The molecule has 1 rings (SSSR count). The van der Waals surface area contributed by atoms with Crippen molar-refractivity contribution in [1.82, 2.24) is 5.32 Å². The van der Waals surface area contributed by atoms with Gasteiger partial charge < -0.3 is 20.1 Å². The highest BCUT2D eigenvalue weighted by Crippen LogP contribution is 2.19. The number of esters is 1. The van der Waals surface area contributed by atoms with Gasteiger partial charge in [-0.25, -0.2) is 0 Å². The first-order chi connectivity index (χ1) is 10.9. The summed E-state index contributed by atoms with van der Waals surface area (Å²) in [5.74, 6) is -0.775. The fourth-order valence-corrected chi connectivity index (χ4v) is 2.09. The van der Waals surface area contributed by atoms with E-state index in [0.717, 1.165) is 16.8 Å². The van der Waals surface area contributed by atoms with Gasteiger partial charge in [-0.3, -0.25) is 9.59 Å². The van der Waals surface area contributed by atoms with Crippen molar-refractivity contribution < 1.29 is 19.1 Å². The van der Waals surface area contributed by atoms with Crippen LogP contribution in [-0.4, -0.2) is 37.3 Å². The second-order valence-electron chi connectivity index (χ2n) is 4.98. The van der Waals surface area contributed by atoms with Gasteiger partial charge in [-0.2, -0.15) is 0 Å². The molecular formula is C16H22N2O4S. The first-order valence-electron chi connectivity index (χ1n) is 7.25. The van der Waals surface area contributed by atoms with Gasteiger partial charge in [-0.1, -0.05) is 18.2 Å². The molecule has 2 N–H and O–H groups in total. The zero-order chi connectivity index (χ0) is 17.2. The molecule has 0 fully saturated rings. The number of hydrogen-bond acceptors (Lipinski definition) is 5. The third kappa shape index (κ3) is 7.21. The number of amides is 1. The molecule has 0 atom stereocenters. The van der Waals surface area contributed by atoms with Crippen LogP contribution in [0.3, 0.4) is 0 Å². The van der Waals surface area contributed by atoms with Crippen LogP contribution in [0.4, 0.5) is 5.69 Å². The fourth-order valence-electron chi connectivity index (χ4n) is 1.87. The van der Waals surface area contributed by atoms with Crippen LogP contribution in [0.5, 0.6) is 0 Å². The topological polar surface area (TPSA) is 76.7 Å². The molecule has 0 aliphatic rings. The summed E-state index contributed by atoms with van der Waals surface area (Å²) in [5.41, 5.74) is 2.93. The quantitative estimate of drug-likeness (QED) is 0.450. The molecule has 0 aliphatic carbocycles. The monoisotopic (exact) mass is 338 g/mol. The number of aryl methyl sites for hydroxylation is 2. The standard InChI is InChI=1S/C16H22N2O4S/c1-11-5-4-6-12(2)15(11)18-16(23)17-13(19)7-8-14(20)22-10-9-21-3/h4-6H,7-10H2,1-3H3,(H2,17,18,19,23). The molecule has 1 amide bonds. The number of ether oxygens (including phenoxy) is 2. The number of hydrogen-bond donors (Lipinski definition) is 2. The number of methoxy groups -OCH3 is 1. The minimum Gasteiger partial charge on any atom is -0.463 e. The van der Waals surface area contributed by atoms with Crippen LogP contribution in [0.1, 0.15) is 24.0 Å². The van der Waals surface area contributed by atoms with Crippen molar-refractivity contribution in [3.8, 4) is 0 Å². The Labute approximate surface area is 141 Å². The van der Waals surface area contributed by atoms with Crippen LogP contribution in [0, 0.1) is 13.8 Å². The van der Waals surface area contributed by atoms with Crippen molar-refractivity contribution in [2.24, 2.45) is 0 Å². The third-order valence-electron chi connectivity index (χ3n) is 3.08. The van der Waals surface area contributed by atoms with Gasteiger partial charge in [0.05, 0.1) is 13.0 Å². The highest BCUT2D eigenvalue weighted by molar-refractivity contribution is 7.80. The average Bonchev–Trinajstić information content (AvgIpc) is 2.49. The van der Waals surface area contributed by atoms with Crippen molar-refractivity contribution in [2.75, 3.05) is 25.6 Å². The molecule has 1 aromatic carbocycles. The fraction of sp³-hybridized carbons (Fsp3) is 0.438. The highest BCUT2D eigenvalue weighted by Gasteiger charge is 2.10. The molecule has 0 bridgehead atoms. The maximum Gasteiger partial charge on any atom is 0.306 e. The maximum atomic E-state index is 11.8. The molecule has 0 unspecified atom stereocenters. The molecule has 0 saturated heterocycles. The molecule has 23 heavy (non-hydrogen) atoms. The van der Waals surface area contributed by atoms with Gasteiger partial charge in [-0.05, 0) is 37.2 Å². The van der Waals surface area contributed by atoms with Gasteiger partial charge >= 0.3 is 5.97 Å². The number of nitrogens with one attached hydrogen (secondary N) is 2. The van der Waals surface area contributed by atoms with Crippen LogP contribution < -0.4 is 10.6 Å². The van der Waals surface area contributed by atoms with Crippen molar-refractivity contribution in [1.29, 1.82) is 0 Å². The molecule has 0 spiro atoms. The number of carbonyl (C=O) groups is 2. The first kappa shape index (κ1) is 19.1. The average molecular weight is 338 g/mol. The largest absolute Gasteiger partial charge is 0.463 e. The van der Waals surface area contributed by atoms with Gasteiger partial charge in [-0.15, -0.1) is 0 Å². The lowest BCUT2D eigenvalue weighted by molar-refractivity contribution is -0.146. The van der Waals surface area contributed by atoms with Crippen molar-refractivity contribution in [2.45, 2.75) is 26.7 Å². The lowest BCUT2D eigenvalue weighted by atomic mass is 10.1. The molecule has 7 heteroatoms. The van der Waals surface area contributed by atoms with E-state index in [-0.39, 0.29) is 30.5 Å². The van der Waals surface area contributed by atoms with Crippen LogP contribution >= 0.6 is 12.2 Å². The Morgan fingerprint density at radius 3 is 2.39 bits per heavy atom. The van der Waals surface area contributed by atoms with Crippen LogP contribution in [0.15, 0.2) is 18.2 Å². The zero-order valence-corrected chi connectivity index (χ0v) is 14.4. The minimum atomic E-state index is -0.439. The SMILES string of the molecule is COCCOC(=O)CCC(=O)NC(=S)Nc1c(C)cccc1C. The summed E-state index contributed by atoms with van der Waals surface area (Å²) in [6.07, 6.45) is 0.0158. The molecule has 0 radical (unpaired) electrons. The van der Waals surface area contributed by atoms with Crippen LogP contribution in [-0.2, 0) is 19.1 Å². The molecular weight excluding hydrogens is 316 g/mol. The molecule has 0 heterocycles. The van der Waals surface area contributed by atoms with Gasteiger partial charge in [0.2, 0.25) is 5.91 Å². The Hall–Kier alpha value is -1.99. The van der Waals surface area contributed by atoms with E-state index in [1.54, 1.807) is 0 Å². The van der Waals surface area contributed by atoms with Gasteiger partial charge in [0.15, 0.2) is 5.11 Å². The van der Waals surface area contributed by atoms with Gasteiger partial charge in [0.1, 0.15) is 6.61 Å². The van der Waals surface area contributed by atoms with E-state index in [4.69, 9.17) is 21.7 Å². The summed E-state index contributed by atoms with van der Waals surface area (Å²) in [6.45, 7) is 4.43. The number of para-hydroxylation sites is 1. The van der Waals surface area contributed by atoms with Crippen LogP contribution in [0.25, 0.3) is 0 Å². The lowest BCUT2D eigenvalue weighted by Crippen LogP contribution is -2.34. The number of rotatable bonds is 7. The minimum absolute atomic E-state index is 0.00154. The number of benzene rings is 1. The van der Waals surface area contributed by atoms with Crippen molar-refractivity contribution in [3.63, 3.8) is 0 Å². The Morgan fingerprint density at radius 1 is 1.13 bits per heavy atom. The Kier molecular flexibility index (Phi) is 8.21. The molecule has 126 valence electrons. The number of carbonyl (C=O) groups excluding carboxylic acids is 2. The predicted octanol–water partition coefficient (Wildman–Crippen LogP) is 2.09. The maximum absolute atomic E-state index is 11.8. The van der Waals surface area contributed by atoms with Gasteiger partial charge in [0, 0.05) is 19.2 Å². The van der Waals surface area contributed by atoms with E-state index in [1.807, 2.05) is 32.0 Å². The lowest BCUT2D eigenvalue weighted by Gasteiger charge is -2.14. The molecule has 0 aliphatic heterocycles. The molecule has 6 nitrogen and oxygen atoms in total. The Balaban J connectivity index is 2.37. The Bertz CT molecular complexity index is 555. The predicted molar refractivity (Wildman–Crippen MR) is 92.3 cm³/mol. The van der Waals surface area contributed by atoms with Crippen LogP contribution in [0.2, 0.25) is 0 Å². The summed E-state index contributed by atoms with van der Waals surface area (Å²) < 4.78 is 9.64. The third-order valence-corrected chi connectivity index (χ3v) is 3.28. The molecule has 0 aromatic heterocycles. The second-order valence-corrected chi connectivity index (χ2v) is 5.39. The summed E-state index contributed by atoms with van der Waals surface area (Å²) in [7, 11) is 1.52. The smallest absolute Gasteiger partial charge is 0.306 e. The zero-order valence-electron chi connectivity index (χ0n) is 13.6. The van der Waals surface area contributed by atoms with Crippen molar-refractivity contribution in [3.05, 3.63) is 29.3 Å². The van der Waals surface area contributed by atoms with E-state index in [1.165, 1.54) is 7.11 Å². The van der Waals surface area contributed by atoms with E-state index in [9.17, 15) is 9.59 Å². The summed E-state index contributed by atoms with van der Waals surface area (Å²) >= 11 is 5.12. The summed E-state index contributed by atoms with van der Waals surface area (Å²) in [6, 6.07) is 5.86. The summed E-state index contributed by atoms with van der Waals surface area (Å²) in [4.78, 5) is 23.2. The van der Waals surface area contributed by atoms with Gasteiger partial charge in [0.25, 0.3) is 0 Å². The molecule has 0 saturated carbocycles. The van der Waals surface area contributed by atoms with Crippen molar-refractivity contribution >= 4 is 34.9 Å². The van der Waals surface area contributed by atoms with E-state index >= 15 is 0 Å². The normalized spacial score (nSPS) is 10.0. The number of thiocarbonyl (C=S) groups is 1. The number of anilines is 1. The van der Waals surface area contributed by atoms with E-state index in [0.29, 0.717) is 6.61 Å². The van der Waals surface area contributed by atoms with E-state index < -0.39 is 5.97 Å². The Morgan fingerprint density at radius 2 is 1.78 bits per heavy atom. The first-order valence-corrected chi connectivity index (χ1v) is 7.66. The second kappa shape index (κ2) is 9.91. The summed E-state index contributed by atoms with van der Waals surface area (Å²) in [5, 5.41) is 5.77.